The Balaban J connectivity index is 3.14. The summed E-state index contributed by atoms with van der Waals surface area (Å²) < 4.78 is 17.7. The first kappa shape index (κ1) is 35.2. The molecule has 0 aliphatic heterocycles. The molecule has 1 atom stereocenters. The van der Waals surface area contributed by atoms with Crippen molar-refractivity contribution in [1.29, 1.82) is 0 Å². The van der Waals surface area contributed by atoms with E-state index in [0.29, 0.717) is 6.61 Å². The van der Waals surface area contributed by atoms with Crippen LogP contribution in [0.3, 0.4) is 0 Å². The number of hydrogen-bond donors (Lipinski definition) is 0. The zero-order valence-corrected chi connectivity index (χ0v) is 25.5. The van der Waals surface area contributed by atoms with Crippen molar-refractivity contribution in [3.05, 3.63) is 0 Å². The predicted molar refractivity (Wildman–Crippen MR) is 160 cm³/mol. The van der Waals surface area contributed by atoms with Crippen LogP contribution in [0.2, 0.25) is 0 Å². The summed E-state index contributed by atoms with van der Waals surface area (Å²) in [7, 11) is -1.77. The van der Waals surface area contributed by atoms with Gasteiger partial charge in [-0.15, -0.1) is 0 Å². The first-order valence-electron chi connectivity index (χ1n) is 16.5. The van der Waals surface area contributed by atoms with Crippen molar-refractivity contribution in [2.45, 2.75) is 194 Å². The summed E-state index contributed by atoms with van der Waals surface area (Å²) in [4.78, 5) is 0. The van der Waals surface area contributed by atoms with E-state index in [1.165, 1.54) is 167 Å². The van der Waals surface area contributed by atoms with Crippen molar-refractivity contribution in [3.63, 3.8) is 0 Å². The fourth-order valence-electron chi connectivity index (χ4n) is 5.02. The molecule has 3 heteroatoms. The Labute approximate surface area is 223 Å². The van der Waals surface area contributed by atoms with Crippen molar-refractivity contribution >= 4 is 8.03 Å². The molecule has 0 saturated carbocycles. The van der Waals surface area contributed by atoms with Gasteiger partial charge >= 0.3 is 0 Å². The van der Waals surface area contributed by atoms with E-state index in [1.54, 1.807) is 0 Å². The highest BCUT2D eigenvalue weighted by Gasteiger charge is 2.01. The Morgan fingerprint density at radius 2 is 0.629 bits per heavy atom. The quantitative estimate of drug-likeness (QED) is 0.0679. The molecular formula is C32H67O2P. The molecule has 0 aliphatic carbocycles. The third kappa shape index (κ3) is 32.2. The van der Waals surface area contributed by atoms with Crippen LogP contribution < -0.4 is 0 Å². The van der Waals surface area contributed by atoms with Crippen LogP contribution in [0.1, 0.15) is 194 Å². The molecule has 1 unspecified atom stereocenters. The van der Waals surface area contributed by atoms with Gasteiger partial charge in [-0.05, 0) is 12.8 Å². The molecule has 0 aromatic rings. The lowest BCUT2D eigenvalue weighted by Gasteiger charge is -2.06. The normalized spacial score (nSPS) is 12.4. The minimum atomic E-state index is -1.77. The van der Waals surface area contributed by atoms with E-state index in [0.717, 1.165) is 19.0 Å². The Hall–Kier alpha value is 0.190. The van der Waals surface area contributed by atoms with Gasteiger partial charge in [0.1, 0.15) is 0 Å². The molecule has 0 aliphatic rings. The molecule has 0 rings (SSSR count). The SMILES string of the molecule is CCCCCCCCCCCCCCCCO[PH](=O)CCCCCCCCCCCCCCCC. The molecule has 0 saturated heterocycles. The highest BCUT2D eigenvalue weighted by Crippen LogP contribution is 2.25. The van der Waals surface area contributed by atoms with Crippen LogP contribution in [0, 0.1) is 0 Å². The number of rotatable bonds is 31. The van der Waals surface area contributed by atoms with Crippen LogP contribution in [-0.2, 0) is 9.09 Å². The minimum Gasteiger partial charge on any atom is -0.330 e. The Morgan fingerprint density at radius 3 is 0.943 bits per heavy atom. The molecule has 0 heterocycles. The maximum absolute atomic E-state index is 12.1. The van der Waals surface area contributed by atoms with Crippen molar-refractivity contribution in [3.8, 4) is 0 Å². The lowest BCUT2D eigenvalue weighted by atomic mass is 10.0. The monoisotopic (exact) mass is 514 g/mol. The minimum absolute atomic E-state index is 0.717. The summed E-state index contributed by atoms with van der Waals surface area (Å²) >= 11 is 0. The summed E-state index contributed by atoms with van der Waals surface area (Å²) in [5.74, 6) is 0. The fourth-order valence-corrected chi connectivity index (χ4v) is 6.07. The summed E-state index contributed by atoms with van der Waals surface area (Å²) in [6.07, 6.45) is 39.2. The van der Waals surface area contributed by atoms with Crippen LogP contribution >= 0.6 is 8.03 Å². The highest BCUT2D eigenvalue weighted by molar-refractivity contribution is 7.39. The number of hydrogen-bond acceptors (Lipinski definition) is 2. The standard InChI is InChI=1S/C32H67O2P/c1-3-5-7-9-11-13-15-17-19-21-23-25-27-29-31-34-35(33)32-30-28-26-24-22-20-18-16-14-12-10-8-6-4-2/h35H,3-32H2,1-2H3. The number of unbranched alkanes of at least 4 members (excludes halogenated alkanes) is 26. The maximum atomic E-state index is 12.1. The molecule has 0 amide bonds. The van der Waals surface area contributed by atoms with Gasteiger partial charge in [0, 0.05) is 6.16 Å². The summed E-state index contributed by atoms with van der Waals surface area (Å²) in [5, 5.41) is 0. The van der Waals surface area contributed by atoms with Crippen molar-refractivity contribution in [1.82, 2.24) is 0 Å². The van der Waals surface area contributed by atoms with E-state index < -0.39 is 8.03 Å². The molecule has 212 valence electrons. The molecule has 0 spiro atoms. The summed E-state index contributed by atoms with van der Waals surface area (Å²) in [6, 6.07) is 0. The molecule has 0 aromatic carbocycles. The Bertz CT molecular complexity index is 399. The van der Waals surface area contributed by atoms with Gasteiger partial charge in [0.15, 0.2) is 8.03 Å². The van der Waals surface area contributed by atoms with E-state index in [9.17, 15) is 4.57 Å². The van der Waals surface area contributed by atoms with Crippen molar-refractivity contribution < 1.29 is 9.09 Å². The van der Waals surface area contributed by atoms with Crippen molar-refractivity contribution in [2.75, 3.05) is 12.8 Å². The fraction of sp³-hybridized carbons (Fsp3) is 1.00. The first-order chi connectivity index (χ1) is 17.3. The Kier molecular flexibility index (Phi) is 32.4. The van der Waals surface area contributed by atoms with Crippen LogP contribution in [0.15, 0.2) is 0 Å². The zero-order valence-electron chi connectivity index (χ0n) is 24.5. The average Bonchev–Trinajstić information content (AvgIpc) is 2.86. The van der Waals surface area contributed by atoms with Crippen LogP contribution in [0.25, 0.3) is 0 Å². The van der Waals surface area contributed by atoms with E-state index in [-0.39, 0.29) is 0 Å². The summed E-state index contributed by atoms with van der Waals surface area (Å²) in [5.41, 5.74) is 0. The third-order valence-corrected chi connectivity index (χ3v) is 8.78. The van der Waals surface area contributed by atoms with E-state index in [4.69, 9.17) is 4.52 Å². The van der Waals surface area contributed by atoms with Gasteiger partial charge in [-0.25, -0.2) is 0 Å². The molecule has 0 radical (unpaired) electrons. The highest BCUT2D eigenvalue weighted by atomic mass is 31.1. The second-order valence-electron chi connectivity index (χ2n) is 11.2. The smallest absolute Gasteiger partial charge is 0.191 e. The molecule has 0 aromatic heterocycles. The third-order valence-electron chi connectivity index (χ3n) is 7.50. The topological polar surface area (TPSA) is 26.3 Å². The van der Waals surface area contributed by atoms with Gasteiger partial charge in [0.25, 0.3) is 0 Å². The van der Waals surface area contributed by atoms with Crippen LogP contribution in [-0.4, -0.2) is 12.8 Å². The molecule has 0 N–H and O–H groups in total. The molecule has 0 bridgehead atoms. The van der Waals surface area contributed by atoms with E-state index in [1.807, 2.05) is 0 Å². The average molecular weight is 515 g/mol. The lowest BCUT2D eigenvalue weighted by Crippen LogP contribution is -1.90. The first-order valence-corrected chi connectivity index (χ1v) is 18.0. The molecular weight excluding hydrogens is 447 g/mol. The van der Waals surface area contributed by atoms with Gasteiger partial charge in [0.05, 0.1) is 6.61 Å². The van der Waals surface area contributed by atoms with Crippen LogP contribution in [0.4, 0.5) is 0 Å². The predicted octanol–water partition coefficient (Wildman–Crippen LogP) is 12.4. The lowest BCUT2D eigenvalue weighted by molar-refractivity contribution is 0.315. The Morgan fingerprint density at radius 1 is 0.371 bits per heavy atom. The van der Waals surface area contributed by atoms with Gasteiger partial charge in [-0.1, -0.05) is 181 Å². The molecule has 0 fully saturated rings. The van der Waals surface area contributed by atoms with Gasteiger partial charge in [-0.3, -0.25) is 4.57 Å². The van der Waals surface area contributed by atoms with E-state index in [2.05, 4.69) is 13.8 Å². The maximum Gasteiger partial charge on any atom is 0.191 e. The second kappa shape index (κ2) is 32.2. The molecule has 2 nitrogen and oxygen atoms in total. The van der Waals surface area contributed by atoms with E-state index >= 15 is 0 Å². The zero-order chi connectivity index (χ0) is 25.5. The van der Waals surface area contributed by atoms with Gasteiger partial charge < -0.3 is 4.52 Å². The van der Waals surface area contributed by atoms with Crippen LogP contribution in [0.5, 0.6) is 0 Å². The van der Waals surface area contributed by atoms with Gasteiger partial charge in [0.2, 0.25) is 0 Å². The largest absolute Gasteiger partial charge is 0.330 e. The molecule has 35 heavy (non-hydrogen) atoms. The second-order valence-corrected chi connectivity index (χ2v) is 12.7. The van der Waals surface area contributed by atoms with Crippen molar-refractivity contribution in [2.24, 2.45) is 0 Å². The summed E-state index contributed by atoms with van der Waals surface area (Å²) in [6.45, 7) is 5.29. The van der Waals surface area contributed by atoms with Gasteiger partial charge in [-0.2, -0.15) is 0 Å².